The molecular weight excluding hydrogens is 268 g/mol. The van der Waals surface area contributed by atoms with Crippen LogP contribution in [0.15, 0.2) is 17.6 Å². The summed E-state index contributed by atoms with van der Waals surface area (Å²) in [6, 6.07) is 0. The van der Waals surface area contributed by atoms with Gasteiger partial charge < -0.3 is 10.3 Å². The SMILES string of the molecule is CCc1nn(C)cc1NS(=O)(=O)c1c(N)ncn1C. The maximum absolute atomic E-state index is 12.3. The van der Waals surface area contributed by atoms with Gasteiger partial charge in [-0.05, 0) is 6.42 Å². The number of hydrogen-bond donors (Lipinski definition) is 2. The molecule has 0 saturated carbocycles. The third kappa shape index (κ3) is 2.41. The van der Waals surface area contributed by atoms with Gasteiger partial charge in [-0.15, -0.1) is 0 Å². The lowest BCUT2D eigenvalue weighted by Crippen LogP contribution is -2.18. The van der Waals surface area contributed by atoms with Gasteiger partial charge in [-0.3, -0.25) is 9.40 Å². The lowest BCUT2D eigenvalue weighted by atomic mass is 10.3. The molecule has 19 heavy (non-hydrogen) atoms. The first-order chi connectivity index (χ1) is 8.85. The van der Waals surface area contributed by atoms with E-state index in [2.05, 4.69) is 14.8 Å². The number of rotatable bonds is 4. The summed E-state index contributed by atoms with van der Waals surface area (Å²) < 4.78 is 30.0. The smallest absolute Gasteiger partial charge is 0.281 e. The number of hydrogen-bond acceptors (Lipinski definition) is 5. The molecule has 2 aromatic heterocycles. The first-order valence-corrected chi connectivity index (χ1v) is 7.15. The van der Waals surface area contributed by atoms with Gasteiger partial charge in [0.15, 0.2) is 10.8 Å². The van der Waals surface area contributed by atoms with Crippen LogP contribution < -0.4 is 10.5 Å². The van der Waals surface area contributed by atoms with E-state index in [4.69, 9.17) is 5.73 Å². The van der Waals surface area contributed by atoms with E-state index in [0.29, 0.717) is 17.8 Å². The van der Waals surface area contributed by atoms with Gasteiger partial charge in [0.2, 0.25) is 0 Å². The van der Waals surface area contributed by atoms with Crippen molar-refractivity contribution in [1.82, 2.24) is 19.3 Å². The molecule has 0 aliphatic carbocycles. The van der Waals surface area contributed by atoms with Crippen LogP contribution in [0.1, 0.15) is 12.6 Å². The molecule has 2 rings (SSSR count). The third-order valence-corrected chi connectivity index (χ3v) is 4.14. The zero-order valence-corrected chi connectivity index (χ0v) is 11.8. The number of nitrogens with one attached hydrogen (secondary N) is 1. The largest absolute Gasteiger partial charge is 0.381 e. The molecule has 8 nitrogen and oxygen atoms in total. The van der Waals surface area contributed by atoms with Crippen LogP contribution in [0.4, 0.5) is 11.5 Å². The Morgan fingerprint density at radius 2 is 2.11 bits per heavy atom. The van der Waals surface area contributed by atoms with Crippen molar-refractivity contribution >= 4 is 21.5 Å². The zero-order chi connectivity index (χ0) is 14.2. The normalized spacial score (nSPS) is 11.7. The quantitative estimate of drug-likeness (QED) is 0.827. The van der Waals surface area contributed by atoms with Gasteiger partial charge in [0.25, 0.3) is 10.0 Å². The monoisotopic (exact) mass is 284 g/mol. The van der Waals surface area contributed by atoms with Crippen molar-refractivity contribution in [2.75, 3.05) is 10.5 Å². The highest BCUT2D eigenvalue weighted by Crippen LogP contribution is 2.22. The molecule has 0 unspecified atom stereocenters. The van der Waals surface area contributed by atoms with E-state index in [-0.39, 0.29) is 10.8 Å². The molecule has 0 radical (unpaired) electrons. The van der Waals surface area contributed by atoms with Gasteiger partial charge >= 0.3 is 0 Å². The van der Waals surface area contributed by atoms with E-state index in [1.54, 1.807) is 25.0 Å². The lowest BCUT2D eigenvalue weighted by molar-refractivity contribution is 0.592. The van der Waals surface area contributed by atoms with Crippen LogP contribution >= 0.6 is 0 Å². The van der Waals surface area contributed by atoms with Gasteiger partial charge in [0.05, 0.1) is 17.7 Å². The summed E-state index contributed by atoms with van der Waals surface area (Å²) in [5, 5.41) is 4.12. The van der Waals surface area contributed by atoms with Gasteiger partial charge in [-0.2, -0.15) is 13.5 Å². The molecule has 2 heterocycles. The van der Waals surface area contributed by atoms with Crippen molar-refractivity contribution < 1.29 is 8.42 Å². The third-order valence-electron chi connectivity index (χ3n) is 2.65. The Kier molecular flexibility index (Phi) is 3.23. The molecule has 3 N–H and O–H groups in total. The fraction of sp³-hybridized carbons (Fsp3) is 0.400. The van der Waals surface area contributed by atoms with E-state index in [1.807, 2.05) is 6.92 Å². The van der Waals surface area contributed by atoms with Gasteiger partial charge in [0.1, 0.15) is 0 Å². The van der Waals surface area contributed by atoms with E-state index in [0.717, 1.165) is 0 Å². The number of aromatic nitrogens is 4. The van der Waals surface area contributed by atoms with Crippen LogP contribution in [0, 0.1) is 0 Å². The average molecular weight is 284 g/mol. The minimum Gasteiger partial charge on any atom is -0.381 e. The fourth-order valence-electron chi connectivity index (χ4n) is 1.84. The van der Waals surface area contributed by atoms with E-state index in [9.17, 15) is 8.42 Å². The van der Waals surface area contributed by atoms with Crippen LogP contribution in [-0.2, 0) is 30.5 Å². The summed E-state index contributed by atoms with van der Waals surface area (Å²) in [5.41, 5.74) is 6.71. The van der Waals surface area contributed by atoms with Crippen LogP contribution in [0.25, 0.3) is 0 Å². The number of sulfonamides is 1. The maximum atomic E-state index is 12.3. The topological polar surface area (TPSA) is 108 Å². The molecule has 0 aliphatic rings. The Hall–Kier alpha value is -2.03. The fourth-order valence-corrected chi connectivity index (χ4v) is 3.15. The van der Waals surface area contributed by atoms with Crippen molar-refractivity contribution in [3.8, 4) is 0 Å². The number of aryl methyl sites for hydroxylation is 3. The number of imidazole rings is 1. The molecule has 0 amide bonds. The molecule has 0 fully saturated rings. The van der Waals surface area contributed by atoms with Crippen molar-refractivity contribution in [1.29, 1.82) is 0 Å². The second-order valence-electron chi connectivity index (χ2n) is 4.17. The van der Waals surface area contributed by atoms with Crippen LogP contribution in [0.3, 0.4) is 0 Å². The lowest BCUT2D eigenvalue weighted by Gasteiger charge is -2.08. The number of nitrogen functional groups attached to an aromatic ring is 1. The number of nitrogens with zero attached hydrogens (tertiary/aromatic N) is 4. The Bertz CT molecular complexity index is 680. The van der Waals surface area contributed by atoms with E-state index >= 15 is 0 Å². The molecule has 2 aromatic rings. The second-order valence-corrected chi connectivity index (χ2v) is 5.77. The van der Waals surface area contributed by atoms with Crippen molar-refractivity contribution in [2.45, 2.75) is 18.4 Å². The Balaban J connectivity index is 2.42. The molecule has 0 saturated heterocycles. The summed E-state index contributed by atoms with van der Waals surface area (Å²) in [6.07, 6.45) is 3.59. The van der Waals surface area contributed by atoms with Crippen LogP contribution in [0.5, 0.6) is 0 Å². The number of anilines is 2. The first kappa shape index (κ1) is 13.4. The van der Waals surface area contributed by atoms with Gasteiger partial charge in [-0.25, -0.2) is 4.98 Å². The predicted octanol–water partition coefficient (Wildman–Crippen LogP) is 0.0990. The molecule has 0 aromatic carbocycles. The molecule has 0 atom stereocenters. The van der Waals surface area contributed by atoms with Crippen molar-refractivity contribution in [3.05, 3.63) is 18.2 Å². The number of nitrogens with two attached hydrogens (primary N) is 1. The highest BCUT2D eigenvalue weighted by molar-refractivity contribution is 7.92. The first-order valence-electron chi connectivity index (χ1n) is 5.67. The highest BCUT2D eigenvalue weighted by atomic mass is 32.2. The van der Waals surface area contributed by atoms with E-state index in [1.165, 1.54) is 10.9 Å². The summed E-state index contributed by atoms with van der Waals surface area (Å²) in [4.78, 5) is 3.77. The highest BCUT2D eigenvalue weighted by Gasteiger charge is 2.24. The Morgan fingerprint density at radius 3 is 2.63 bits per heavy atom. The van der Waals surface area contributed by atoms with Crippen LogP contribution in [-0.4, -0.2) is 27.7 Å². The van der Waals surface area contributed by atoms with Crippen molar-refractivity contribution in [2.24, 2.45) is 14.1 Å². The zero-order valence-electron chi connectivity index (χ0n) is 11.0. The molecular formula is C10H16N6O2S. The molecule has 0 bridgehead atoms. The molecule has 0 spiro atoms. The van der Waals surface area contributed by atoms with Gasteiger partial charge in [0, 0.05) is 20.3 Å². The minimum atomic E-state index is -3.78. The predicted molar refractivity (Wildman–Crippen MR) is 71.0 cm³/mol. The Morgan fingerprint density at radius 1 is 1.42 bits per heavy atom. The van der Waals surface area contributed by atoms with Crippen LogP contribution in [0.2, 0.25) is 0 Å². The summed E-state index contributed by atoms with van der Waals surface area (Å²) in [6.45, 7) is 1.90. The summed E-state index contributed by atoms with van der Waals surface area (Å²) >= 11 is 0. The van der Waals surface area contributed by atoms with E-state index < -0.39 is 10.0 Å². The summed E-state index contributed by atoms with van der Waals surface area (Å²) in [7, 11) is -0.476. The maximum Gasteiger partial charge on any atom is 0.281 e. The van der Waals surface area contributed by atoms with Crippen molar-refractivity contribution in [3.63, 3.8) is 0 Å². The standard InChI is InChI=1S/C10H16N6O2S/c1-4-7-8(5-16(3)13-7)14-19(17,18)10-9(11)12-6-15(10)2/h5-6,14H,4,11H2,1-3H3. The average Bonchev–Trinajstić information content (AvgIpc) is 2.81. The second kappa shape index (κ2) is 4.57. The van der Waals surface area contributed by atoms with Gasteiger partial charge in [-0.1, -0.05) is 6.92 Å². The minimum absolute atomic E-state index is 0.0306. The molecule has 9 heteroatoms. The molecule has 104 valence electrons. The summed E-state index contributed by atoms with van der Waals surface area (Å²) in [5.74, 6) is -0.0306. The molecule has 0 aliphatic heterocycles. The Labute approximate surface area is 111 Å².